The van der Waals surface area contributed by atoms with Gasteiger partial charge in [0.15, 0.2) is 5.82 Å². The molecule has 0 saturated heterocycles. The van der Waals surface area contributed by atoms with Crippen LogP contribution in [0.3, 0.4) is 0 Å². The summed E-state index contributed by atoms with van der Waals surface area (Å²) in [6, 6.07) is 9.67. The lowest BCUT2D eigenvalue weighted by atomic mass is 9.91. The average Bonchev–Trinajstić information content (AvgIpc) is 3.44. The van der Waals surface area contributed by atoms with E-state index in [0.717, 1.165) is 18.2 Å². The molecule has 4 rings (SSSR count). The number of hydrogen-bond donors (Lipinski definition) is 1. The molecule has 1 atom stereocenters. The van der Waals surface area contributed by atoms with Gasteiger partial charge < -0.3 is 0 Å². The Labute approximate surface area is 193 Å². The number of aromatic nitrogens is 2. The van der Waals surface area contributed by atoms with Crippen LogP contribution in [0.25, 0.3) is 11.4 Å². The van der Waals surface area contributed by atoms with Gasteiger partial charge in [-0.3, -0.25) is 10.3 Å². The standard InChI is InChI=1S/C21H9Cl2F4N5O/c22-15-4-14(5-16(23)19(15)24)20(21(25,26)27)6-17(31-33-20)12-1-2-18(13(3-12)8-29)32-10-11(7-28)9-30-32/h1-6,9-10,31H. The average molecular weight is 494 g/mol. The van der Waals surface area contributed by atoms with Crippen molar-refractivity contribution in [1.29, 1.82) is 10.5 Å². The van der Waals surface area contributed by atoms with Crippen molar-refractivity contribution in [1.82, 2.24) is 15.3 Å². The maximum absolute atomic E-state index is 14.1. The molecule has 0 radical (unpaired) electrons. The summed E-state index contributed by atoms with van der Waals surface area (Å²) in [7, 11) is 0. The highest BCUT2D eigenvalue weighted by molar-refractivity contribution is 6.35. The first kappa shape index (κ1) is 22.6. The van der Waals surface area contributed by atoms with E-state index in [-0.39, 0.29) is 22.4 Å². The zero-order chi connectivity index (χ0) is 24.0. The fraction of sp³-hybridized carbons (Fsp3) is 0.0952. The maximum Gasteiger partial charge on any atom is 0.428 e. The van der Waals surface area contributed by atoms with Crippen LogP contribution in [0.5, 0.6) is 0 Å². The minimum absolute atomic E-state index is 0.0835. The van der Waals surface area contributed by atoms with Gasteiger partial charge in [-0.05, 0) is 30.3 Å². The smallest absolute Gasteiger partial charge is 0.265 e. The molecular formula is C21H9Cl2F4N5O. The first-order chi connectivity index (χ1) is 15.6. The Morgan fingerprint density at radius 3 is 2.36 bits per heavy atom. The molecule has 2 aromatic carbocycles. The van der Waals surface area contributed by atoms with Gasteiger partial charge in [0, 0.05) is 17.3 Å². The van der Waals surface area contributed by atoms with E-state index < -0.39 is 33.2 Å². The molecular weight excluding hydrogens is 485 g/mol. The summed E-state index contributed by atoms with van der Waals surface area (Å²) in [4.78, 5) is 4.97. The number of nitrogens with one attached hydrogen (secondary N) is 1. The van der Waals surface area contributed by atoms with Crippen molar-refractivity contribution in [3.63, 3.8) is 0 Å². The summed E-state index contributed by atoms with van der Waals surface area (Å²) in [5.41, 5.74) is -0.538. The lowest BCUT2D eigenvalue weighted by molar-refractivity contribution is -0.269. The Morgan fingerprint density at radius 1 is 1.09 bits per heavy atom. The van der Waals surface area contributed by atoms with Crippen LogP contribution in [0.1, 0.15) is 22.3 Å². The number of rotatable bonds is 3. The monoisotopic (exact) mass is 493 g/mol. The SMILES string of the molecule is N#Cc1cnn(-c2ccc(C3=CC(c4cc(Cl)c(F)c(Cl)c4)(C(F)(F)F)ON3)cc2C#N)c1. The highest BCUT2D eigenvalue weighted by atomic mass is 35.5. The van der Waals surface area contributed by atoms with Crippen molar-refractivity contribution in [3.8, 4) is 17.8 Å². The van der Waals surface area contributed by atoms with E-state index in [1.165, 1.54) is 35.3 Å². The van der Waals surface area contributed by atoms with E-state index in [0.29, 0.717) is 5.69 Å². The third-order valence-electron chi connectivity index (χ3n) is 4.89. The predicted molar refractivity (Wildman–Crippen MR) is 109 cm³/mol. The van der Waals surface area contributed by atoms with E-state index in [1.54, 1.807) is 0 Å². The second kappa shape index (κ2) is 8.09. The molecule has 2 heterocycles. The highest BCUT2D eigenvalue weighted by Gasteiger charge is 2.59. The van der Waals surface area contributed by atoms with Gasteiger partial charge in [-0.25, -0.2) is 9.07 Å². The summed E-state index contributed by atoms with van der Waals surface area (Å²) < 4.78 is 57.5. The fourth-order valence-electron chi connectivity index (χ4n) is 3.26. The maximum atomic E-state index is 14.1. The van der Waals surface area contributed by atoms with E-state index in [1.807, 2.05) is 12.1 Å². The van der Waals surface area contributed by atoms with Crippen LogP contribution in [0.2, 0.25) is 10.0 Å². The van der Waals surface area contributed by atoms with Gasteiger partial charge in [-0.1, -0.05) is 29.3 Å². The number of nitrogens with zero attached hydrogens (tertiary/aromatic N) is 4. The van der Waals surface area contributed by atoms with E-state index >= 15 is 0 Å². The third kappa shape index (κ3) is 3.79. The third-order valence-corrected chi connectivity index (χ3v) is 5.44. The molecule has 3 aromatic rings. The second-order valence-electron chi connectivity index (χ2n) is 6.88. The molecule has 1 N–H and O–H groups in total. The van der Waals surface area contributed by atoms with Crippen LogP contribution in [0.4, 0.5) is 17.6 Å². The predicted octanol–water partition coefficient (Wildman–Crippen LogP) is 5.40. The molecule has 1 aliphatic heterocycles. The molecule has 0 aliphatic carbocycles. The molecule has 1 aliphatic rings. The zero-order valence-corrected chi connectivity index (χ0v) is 17.6. The molecule has 12 heteroatoms. The quantitative estimate of drug-likeness (QED) is 0.390. The van der Waals surface area contributed by atoms with E-state index in [4.69, 9.17) is 33.3 Å². The normalized spacial score (nSPS) is 17.8. The first-order valence-electron chi connectivity index (χ1n) is 8.98. The Kier molecular flexibility index (Phi) is 5.54. The lowest BCUT2D eigenvalue weighted by Crippen LogP contribution is -2.42. The number of nitriles is 2. The van der Waals surface area contributed by atoms with Gasteiger partial charge in [0.05, 0.1) is 38.8 Å². The molecule has 33 heavy (non-hydrogen) atoms. The number of alkyl halides is 3. The van der Waals surface area contributed by atoms with Gasteiger partial charge in [-0.15, -0.1) is 0 Å². The Bertz CT molecular complexity index is 1360. The molecule has 1 unspecified atom stereocenters. The number of hydrogen-bond acceptors (Lipinski definition) is 5. The van der Waals surface area contributed by atoms with Crippen LogP contribution in [-0.2, 0) is 10.4 Å². The second-order valence-corrected chi connectivity index (χ2v) is 7.69. The first-order valence-corrected chi connectivity index (χ1v) is 9.73. The van der Waals surface area contributed by atoms with Crippen molar-refractivity contribution >= 4 is 28.9 Å². The van der Waals surface area contributed by atoms with Crippen molar-refractivity contribution in [2.75, 3.05) is 0 Å². The van der Waals surface area contributed by atoms with Crippen LogP contribution in [0, 0.1) is 28.5 Å². The van der Waals surface area contributed by atoms with Crippen LogP contribution >= 0.6 is 23.2 Å². The van der Waals surface area contributed by atoms with E-state index in [9.17, 15) is 22.8 Å². The summed E-state index contributed by atoms with van der Waals surface area (Å²) in [6.45, 7) is 0. The lowest BCUT2D eigenvalue weighted by Gasteiger charge is -2.28. The minimum Gasteiger partial charge on any atom is -0.265 e. The molecule has 0 spiro atoms. The van der Waals surface area contributed by atoms with Crippen molar-refractivity contribution < 1.29 is 22.4 Å². The zero-order valence-electron chi connectivity index (χ0n) is 16.1. The van der Waals surface area contributed by atoms with Crippen LogP contribution < -0.4 is 5.48 Å². The number of benzene rings is 2. The van der Waals surface area contributed by atoms with Crippen LogP contribution in [0.15, 0.2) is 48.8 Å². The molecule has 166 valence electrons. The molecule has 0 fully saturated rings. The van der Waals surface area contributed by atoms with Gasteiger partial charge >= 0.3 is 6.18 Å². The Morgan fingerprint density at radius 2 is 1.79 bits per heavy atom. The fourth-order valence-corrected chi connectivity index (χ4v) is 3.75. The summed E-state index contributed by atoms with van der Waals surface area (Å²) in [5, 5.41) is 21.3. The number of halogens is 6. The molecule has 0 saturated carbocycles. The topological polar surface area (TPSA) is 86.7 Å². The molecule has 0 bridgehead atoms. The van der Waals surface area contributed by atoms with Gasteiger partial charge in [-0.2, -0.15) is 28.8 Å². The van der Waals surface area contributed by atoms with Crippen molar-refractivity contribution in [2.45, 2.75) is 11.8 Å². The Balaban J connectivity index is 1.81. The largest absolute Gasteiger partial charge is 0.428 e. The van der Waals surface area contributed by atoms with Gasteiger partial charge in [0.25, 0.3) is 0 Å². The van der Waals surface area contributed by atoms with E-state index in [2.05, 4.69) is 10.6 Å². The summed E-state index contributed by atoms with van der Waals surface area (Å²) in [6.07, 6.45) is -1.51. The molecule has 0 amide bonds. The van der Waals surface area contributed by atoms with Crippen molar-refractivity contribution in [2.24, 2.45) is 0 Å². The minimum atomic E-state index is -4.98. The summed E-state index contributed by atoms with van der Waals surface area (Å²) in [5.74, 6) is -1.05. The van der Waals surface area contributed by atoms with Gasteiger partial charge in [0.1, 0.15) is 12.1 Å². The Hall–Kier alpha value is -3.57. The molecule has 1 aromatic heterocycles. The number of hydroxylamine groups is 1. The van der Waals surface area contributed by atoms with Crippen LogP contribution in [-0.4, -0.2) is 16.0 Å². The highest BCUT2D eigenvalue weighted by Crippen LogP contribution is 2.48. The summed E-state index contributed by atoms with van der Waals surface area (Å²) >= 11 is 11.4. The molecule has 6 nitrogen and oxygen atoms in total. The van der Waals surface area contributed by atoms with Crippen molar-refractivity contribution in [3.05, 3.63) is 86.9 Å². The van der Waals surface area contributed by atoms with Gasteiger partial charge in [0.2, 0.25) is 5.60 Å².